The van der Waals surface area contributed by atoms with Crippen LogP contribution in [0.5, 0.6) is 11.5 Å². The fourth-order valence-electron chi connectivity index (χ4n) is 0.963. The number of benzene rings is 1. The van der Waals surface area contributed by atoms with Crippen LogP contribution in [0.25, 0.3) is 0 Å². The second kappa shape index (κ2) is 6.42. The Morgan fingerprint density at radius 3 is 2.21 bits per heavy atom. The van der Waals surface area contributed by atoms with Gasteiger partial charge in [0.1, 0.15) is 0 Å². The van der Waals surface area contributed by atoms with Crippen molar-refractivity contribution in [1.82, 2.24) is 0 Å². The molecule has 0 N–H and O–H groups in total. The second-order valence-electron chi connectivity index (χ2n) is 2.36. The van der Waals surface area contributed by atoms with Gasteiger partial charge in [-0.1, -0.05) is 0 Å². The van der Waals surface area contributed by atoms with Crippen LogP contribution in [-0.4, -0.2) is 20.2 Å². The molecule has 14 heavy (non-hydrogen) atoms. The molecule has 0 aliphatic carbocycles. The van der Waals surface area contributed by atoms with E-state index in [2.05, 4.69) is 0 Å². The number of aromatic carboxylic acids is 1. The molecule has 1 aromatic rings. The third-order valence-corrected chi connectivity index (χ3v) is 1.62. The van der Waals surface area contributed by atoms with Crippen LogP contribution in [0, 0.1) is 0 Å². The van der Waals surface area contributed by atoms with Crippen molar-refractivity contribution in [1.29, 1.82) is 0 Å². The minimum atomic E-state index is -1.24. The van der Waals surface area contributed by atoms with Crippen LogP contribution in [-0.2, 0) is 0 Å². The van der Waals surface area contributed by atoms with Crippen LogP contribution in [0.2, 0.25) is 0 Å². The first-order valence-corrected chi connectivity index (χ1v) is 3.62. The predicted octanol–water partition coefficient (Wildman–Crippen LogP) is -2.93. The van der Waals surface area contributed by atoms with Gasteiger partial charge in [-0.15, -0.1) is 0 Å². The quantitative estimate of drug-likeness (QED) is 0.512. The third-order valence-electron chi connectivity index (χ3n) is 1.62. The van der Waals surface area contributed by atoms with Gasteiger partial charge < -0.3 is 19.4 Å². The van der Waals surface area contributed by atoms with Crippen molar-refractivity contribution in [2.24, 2.45) is 0 Å². The number of carbonyl (C=O) groups excluding carboxylic acids is 1. The summed E-state index contributed by atoms with van der Waals surface area (Å²) in [7, 11) is 2.92. The number of carbonyl (C=O) groups is 1. The van der Waals surface area contributed by atoms with Crippen molar-refractivity contribution in [2.45, 2.75) is 0 Å². The van der Waals surface area contributed by atoms with Gasteiger partial charge in [0, 0.05) is 5.56 Å². The number of carboxylic acid groups (broad SMARTS) is 1. The normalized spacial score (nSPS) is 8.71. The van der Waals surface area contributed by atoms with Crippen molar-refractivity contribution < 1.29 is 70.8 Å². The molecule has 1 rings (SSSR count). The standard InChI is InChI=1S/C9H10O4.K/c1-12-7-4-3-6(9(10)11)5-8(7)13-2;/h3-5H,1-2H3,(H,10,11);/q;+1/p-1. The molecule has 0 amide bonds. The van der Waals surface area contributed by atoms with Gasteiger partial charge in [-0.3, -0.25) is 0 Å². The minimum Gasteiger partial charge on any atom is -0.545 e. The smallest absolute Gasteiger partial charge is 0.545 e. The first-order chi connectivity index (χ1) is 6.19. The van der Waals surface area contributed by atoms with Gasteiger partial charge >= 0.3 is 51.4 Å². The molecule has 4 nitrogen and oxygen atoms in total. The molecular formula is C9H9KO4. The van der Waals surface area contributed by atoms with Crippen LogP contribution in [0.3, 0.4) is 0 Å². The first-order valence-electron chi connectivity index (χ1n) is 3.62. The Labute approximate surface area is 125 Å². The Balaban J connectivity index is 0.00000169. The summed E-state index contributed by atoms with van der Waals surface area (Å²) in [6, 6.07) is 4.27. The topological polar surface area (TPSA) is 58.6 Å². The SMILES string of the molecule is COc1ccc(C(=O)[O-])cc1OC.[K+]. The molecule has 0 aliphatic heterocycles. The molecule has 0 bridgehead atoms. The van der Waals surface area contributed by atoms with E-state index in [0.29, 0.717) is 11.5 Å². The molecule has 70 valence electrons. The van der Waals surface area contributed by atoms with Gasteiger partial charge in [-0.25, -0.2) is 0 Å². The van der Waals surface area contributed by atoms with Gasteiger partial charge in [0.15, 0.2) is 11.5 Å². The van der Waals surface area contributed by atoms with E-state index in [1.807, 2.05) is 0 Å². The Morgan fingerprint density at radius 2 is 1.79 bits per heavy atom. The zero-order valence-corrected chi connectivity index (χ0v) is 11.5. The second-order valence-corrected chi connectivity index (χ2v) is 2.36. The van der Waals surface area contributed by atoms with Crippen molar-refractivity contribution in [3.05, 3.63) is 23.8 Å². The number of carboxylic acids is 1. The van der Waals surface area contributed by atoms with E-state index in [-0.39, 0.29) is 56.9 Å². The van der Waals surface area contributed by atoms with Crippen LogP contribution in [0.15, 0.2) is 18.2 Å². The molecule has 0 spiro atoms. The van der Waals surface area contributed by atoms with Crippen molar-refractivity contribution in [3.8, 4) is 11.5 Å². The molecule has 0 aliphatic rings. The largest absolute Gasteiger partial charge is 1.00 e. The summed E-state index contributed by atoms with van der Waals surface area (Å²) in [6.07, 6.45) is 0. The zero-order chi connectivity index (χ0) is 9.84. The van der Waals surface area contributed by atoms with Gasteiger partial charge in [-0.2, -0.15) is 0 Å². The average molecular weight is 220 g/mol. The number of rotatable bonds is 3. The summed E-state index contributed by atoms with van der Waals surface area (Å²) >= 11 is 0. The Hall–Kier alpha value is -0.0736. The Morgan fingerprint density at radius 1 is 1.21 bits per heavy atom. The summed E-state index contributed by atoms with van der Waals surface area (Å²) in [4.78, 5) is 10.5. The van der Waals surface area contributed by atoms with E-state index in [0.717, 1.165) is 0 Å². The van der Waals surface area contributed by atoms with Gasteiger partial charge in [0.05, 0.1) is 20.2 Å². The summed E-state index contributed by atoms with van der Waals surface area (Å²) in [5.41, 5.74) is 0.0673. The molecule has 0 saturated heterocycles. The minimum absolute atomic E-state index is 0. The van der Waals surface area contributed by atoms with Crippen LogP contribution in [0.4, 0.5) is 0 Å². The average Bonchev–Trinajstić information content (AvgIpc) is 2.16. The van der Waals surface area contributed by atoms with E-state index < -0.39 is 5.97 Å². The van der Waals surface area contributed by atoms with Gasteiger partial charge in [-0.05, 0) is 18.2 Å². The van der Waals surface area contributed by atoms with Crippen molar-refractivity contribution in [3.63, 3.8) is 0 Å². The molecule has 1 aromatic carbocycles. The molecule has 0 atom stereocenters. The van der Waals surface area contributed by atoms with Crippen LogP contribution < -0.4 is 66.0 Å². The number of ether oxygens (including phenoxy) is 2. The molecule has 0 fully saturated rings. The Bertz CT molecular complexity index is 325. The van der Waals surface area contributed by atoms with E-state index >= 15 is 0 Å². The van der Waals surface area contributed by atoms with E-state index in [1.54, 1.807) is 0 Å². The summed E-state index contributed by atoms with van der Waals surface area (Å²) in [5, 5.41) is 10.5. The molecule has 0 unspecified atom stereocenters. The summed E-state index contributed by atoms with van der Waals surface area (Å²) in [5.74, 6) is -0.363. The molecule has 0 saturated carbocycles. The molecule has 0 radical (unpaired) electrons. The number of methoxy groups -OCH3 is 2. The molecule has 0 aromatic heterocycles. The van der Waals surface area contributed by atoms with E-state index in [4.69, 9.17) is 9.47 Å². The number of hydrogen-bond acceptors (Lipinski definition) is 4. The van der Waals surface area contributed by atoms with E-state index in [9.17, 15) is 9.90 Å². The number of hydrogen-bond donors (Lipinski definition) is 0. The molecule has 0 heterocycles. The summed E-state index contributed by atoms with van der Waals surface area (Å²) in [6.45, 7) is 0. The maximum absolute atomic E-state index is 10.5. The fraction of sp³-hybridized carbons (Fsp3) is 0.222. The molecular weight excluding hydrogens is 211 g/mol. The maximum atomic E-state index is 10.5. The first kappa shape index (κ1) is 13.9. The molecule has 5 heteroatoms. The van der Waals surface area contributed by atoms with Crippen molar-refractivity contribution >= 4 is 5.97 Å². The Kier molecular flexibility index (Phi) is 6.38. The maximum Gasteiger partial charge on any atom is 1.00 e. The monoisotopic (exact) mass is 220 g/mol. The van der Waals surface area contributed by atoms with Crippen molar-refractivity contribution in [2.75, 3.05) is 14.2 Å². The van der Waals surface area contributed by atoms with Gasteiger partial charge in [0.25, 0.3) is 0 Å². The summed E-state index contributed by atoms with van der Waals surface area (Å²) < 4.78 is 9.84. The third kappa shape index (κ3) is 3.25. The fourth-order valence-corrected chi connectivity index (χ4v) is 0.963. The van der Waals surface area contributed by atoms with E-state index in [1.165, 1.54) is 32.4 Å². The predicted molar refractivity (Wildman–Crippen MR) is 43.9 cm³/mol. The zero-order valence-electron chi connectivity index (χ0n) is 8.37. The van der Waals surface area contributed by atoms with Crippen LogP contribution >= 0.6 is 0 Å². The van der Waals surface area contributed by atoms with Gasteiger partial charge in [0.2, 0.25) is 0 Å². The van der Waals surface area contributed by atoms with Crippen LogP contribution in [0.1, 0.15) is 10.4 Å².